The van der Waals surface area contributed by atoms with Crippen molar-refractivity contribution >= 4 is 23.4 Å². The minimum Gasteiger partial charge on any atom is -0.267 e. The summed E-state index contributed by atoms with van der Waals surface area (Å²) in [6, 6.07) is 28.1. The van der Waals surface area contributed by atoms with Gasteiger partial charge in [-0.05, 0) is 31.2 Å². The van der Waals surface area contributed by atoms with Crippen LogP contribution in [0.3, 0.4) is 0 Å². The van der Waals surface area contributed by atoms with Crippen molar-refractivity contribution in [3.8, 4) is 22.6 Å². The monoisotopic (exact) mass is 496 g/mol. The molecule has 0 unspecified atom stereocenters. The number of para-hydroxylation sites is 2. The van der Waals surface area contributed by atoms with Gasteiger partial charge in [0.05, 0.1) is 22.6 Å². The van der Waals surface area contributed by atoms with Gasteiger partial charge in [0.2, 0.25) is 0 Å². The van der Waals surface area contributed by atoms with E-state index in [-0.39, 0.29) is 10.7 Å². The molecular weight excluding hydrogens is 476 g/mol. The molecule has 0 aliphatic heterocycles. The highest BCUT2D eigenvalue weighted by Crippen LogP contribution is 2.25. The number of hydrogen-bond acceptors (Lipinski definition) is 4. The summed E-state index contributed by atoms with van der Waals surface area (Å²) in [5.74, 6) is -1.10. The Kier molecular flexibility index (Phi) is 6.34. The van der Waals surface area contributed by atoms with E-state index in [1.165, 1.54) is 4.68 Å². The Morgan fingerprint density at radius 1 is 0.750 bits per heavy atom. The van der Waals surface area contributed by atoms with Crippen LogP contribution in [0.4, 0.5) is 0 Å². The normalized spacial score (nSPS) is 10.7. The molecular formula is C27H21ClN6O2. The summed E-state index contributed by atoms with van der Waals surface area (Å²) in [4.78, 5) is 26.1. The molecule has 5 aromatic rings. The van der Waals surface area contributed by atoms with E-state index in [4.69, 9.17) is 11.6 Å². The molecule has 0 radical (unpaired) electrons. The minimum absolute atomic E-state index is 0.146. The quantitative estimate of drug-likeness (QED) is 0.343. The number of amides is 2. The summed E-state index contributed by atoms with van der Waals surface area (Å²) in [6.07, 6.45) is 1.63. The lowest BCUT2D eigenvalue weighted by Gasteiger charge is -2.08. The average Bonchev–Trinajstić information content (AvgIpc) is 3.50. The molecule has 2 amide bonds. The fourth-order valence-electron chi connectivity index (χ4n) is 3.80. The number of aryl methyl sites for hydroxylation is 1. The molecule has 5 rings (SSSR count). The highest BCUT2D eigenvalue weighted by Gasteiger charge is 2.23. The first-order valence-corrected chi connectivity index (χ1v) is 11.5. The van der Waals surface area contributed by atoms with Crippen LogP contribution in [0.15, 0.2) is 97.2 Å². The second kappa shape index (κ2) is 9.89. The van der Waals surface area contributed by atoms with Crippen LogP contribution in [0.5, 0.6) is 0 Å². The van der Waals surface area contributed by atoms with Crippen LogP contribution >= 0.6 is 11.6 Å². The molecule has 0 fully saturated rings. The first kappa shape index (κ1) is 23.1. The maximum absolute atomic E-state index is 13.2. The minimum atomic E-state index is -0.579. The average molecular weight is 497 g/mol. The molecule has 0 saturated carbocycles. The number of aromatic nitrogens is 4. The predicted octanol–water partition coefficient (Wildman–Crippen LogP) is 4.76. The van der Waals surface area contributed by atoms with Crippen molar-refractivity contribution < 1.29 is 9.59 Å². The van der Waals surface area contributed by atoms with Gasteiger partial charge in [-0.25, -0.2) is 9.36 Å². The maximum Gasteiger partial charge on any atom is 0.274 e. The lowest BCUT2D eigenvalue weighted by Crippen LogP contribution is -2.42. The number of hydrazine groups is 1. The standard InChI is InChI=1S/C27H21ClN6O2/c1-18-23(25(28)34(31-18)21-15-9-4-10-16-21)27(36)30-29-26(35)22-17-33(20-13-7-3-8-14-20)32-24(22)19-11-5-2-6-12-19/h2-17H,1H3,(H,29,35)(H,30,36). The third-order valence-corrected chi connectivity index (χ3v) is 5.90. The number of hydrogen-bond donors (Lipinski definition) is 2. The lowest BCUT2D eigenvalue weighted by molar-refractivity contribution is 0.0846. The van der Waals surface area contributed by atoms with Crippen molar-refractivity contribution in [3.05, 3.63) is 119 Å². The van der Waals surface area contributed by atoms with Crippen LogP contribution in [-0.4, -0.2) is 31.4 Å². The van der Waals surface area contributed by atoms with E-state index in [2.05, 4.69) is 21.0 Å². The summed E-state index contributed by atoms with van der Waals surface area (Å²) in [7, 11) is 0. The van der Waals surface area contributed by atoms with Crippen molar-refractivity contribution in [3.63, 3.8) is 0 Å². The van der Waals surface area contributed by atoms with E-state index in [1.54, 1.807) is 17.8 Å². The van der Waals surface area contributed by atoms with Crippen molar-refractivity contribution in [2.24, 2.45) is 0 Å². The van der Waals surface area contributed by atoms with Gasteiger partial charge in [0.25, 0.3) is 11.8 Å². The number of rotatable bonds is 5. The van der Waals surface area contributed by atoms with Crippen LogP contribution < -0.4 is 10.9 Å². The molecule has 2 aromatic heterocycles. The number of nitrogens with one attached hydrogen (secondary N) is 2. The van der Waals surface area contributed by atoms with Crippen LogP contribution in [0.1, 0.15) is 26.4 Å². The third kappa shape index (κ3) is 4.49. The number of halogens is 1. The molecule has 2 heterocycles. The fraction of sp³-hybridized carbons (Fsp3) is 0.0370. The maximum atomic E-state index is 13.2. The molecule has 0 atom stereocenters. The first-order chi connectivity index (χ1) is 17.5. The van der Waals surface area contributed by atoms with Gasteiger partial charge >= 0.3 is 0 Å². The Balaban J connectivity index is 1.40. The summed E-state index contributed by atoms with van der Waals surface area (Å²) >= 11 is 6.48. The second-order valence-electron chi connectivity index (χ2n) is 7.94. The van der Waals surface area contributed by atoms with E-state index in [0.29, 0.717) is 17.0 Å². The zero-order chi connectivity index (χ0) is 25.1. The highest BCUT2D eigenvalue weighted by molar-refractivity contribution is 6.33. The third-order valence-electron chi connectivity index (χ3n) is 5.55. The molecule has 0 aliphatic rings. The summed E-state index contributed by atoms with van der Waals surface area (Å²) in [6.45, 7) is 1.68. The SMILES string of the molecule is Cc1nn(-c2ccccc2)c(Cl)c1C(=O)NNC(=O)c1cn(-c2ccccc2)nc1-c1ccccc1. The number of carbonyl (C=O) groups is 2. The molecule has 0 spiro atoms. The van der Waals surface area contributed by atoms with E-state index in [9.17, 15) is 9.59 Å². The topological polar surface area (TPSA) is 93.8 Å². The van der Waals surface area contributed by atoms with E-state index in [1.807, 2.05) is 91.0 Å². The first-order valence-electron chi connectivity index (χ1n) is 11.1. The zero-order valence-corrected chi connectivity index (χ0v) is 20.0. The van der Waals surface area contributed by atoms with E-state index < -0.39 is 11.8 Å². The Hall–Kier alpha value is -4.69. The Morgan fingerprint density at radius 3 is 1.94 bits per heavy atom. The van der Waals surface area contributed by atoms with Crippen molar-refractivity contribution in [2.75, 3.05) is 0 Å². The van der Waals surface area contributed by atoms with Crippen molar-refractivity contribution in [1.29, 1.82) is 0 Å². The van der Waals surface area contributed by atoms with Gasteiger partial charge in [-0.3, -0.25) is 20.4 Å². The fourth-order valence-corrected chi connectivity index (χ4v) is 4.16. The molecule has 8 nitrogen and oxygen atoms in total. The largest absolute Gasteiger partial charge is 0.274 e. The lowest BCUT2D eigenvalue weighted by atomic mass is 10.1. The molecule has 3 aromatic carbocycles. The van der Waals surface area contributed by atoms with Crippen LogP contribution in [-0.2, 0) is 0 Å². The van der Waals surface area contributed by atoms with Crippen LogP contribution in [0.25, 0.3) is 22.6 Å². The molecule has 0 bridgehead atoms. The molecule has 0 saturated heterocycles. The van der Waals surface area contributed by atoms with Crippen molar-refractivity contribution in [2.45, 2.75) is 6.92 Å². The summed E-state index contributed by atoms with van der Waals surface area (Å²) < 4.78 is 3.11. The van der Waals surface area contributed by atoms with Crippen LogP contribution in [0, 0.1) is 6.92 Å². The number of carbonyl (C=O) groups excluding carboxylic acids is 2. The van der Waals surface area contributed by atoms with Gasteiger partial charge in [0, 0.05) is 11.8 Å². The van der Waals surface area contributed by atoms with E-state index in [0.717, 1.165) is 16.9 Å². The highest BCUT2D eigenvalue weighted by atomic mass is 35.5. The molecule has 9 heteroatoms. The van der Waals surface area contributed by atoms with Gasteiger partial charge in [-0.1, -0.05) is 78.3 Å². The summed E-state index contributed by atoms with van der Waals surface area (Å²) in [5.41, 5.74) is 8.61. The number of nitrogens with zero attached hydrogens (tertiary/aromatic N) is 4. The molecule has 0 aliphatic carbocycles. The van der Waals surface area contributed by atoms with Gasteiger partial charge in [-0.15, -0.1) is 0 Å². The summed E-state index contributed by atoms with van der Waals surface area (Å²) in [5, 5.41) is 9.15. The van der Waals surface area contributed by atoms with Gasteiger partial charge < -0.3 is 0 Å². The molecule has 36 heavy (non-hydrogen) atoms. The Labute approximate surface area is 212 Å². The van der Waals surface area contributed by atoms with Gasteiger partial charge in [0.1, 0.15) is 16.4 Å². The van der Waals surface area contributed by atoms with Gasteiger partial charge in [-0.2, -0.15) is 10.2 Å². The second-order valence-corrected chi connectivity index (χ2v) is 8.30. The molecule has 178 valence electrons. The Bertz CT molecular complexity index is 1530. The Morgan fingerprint density at radius 2 is 1.31 bits per heavy atom. The van der Waals surface area contributed by atoms with Crippen LogP contribution in [0.2, 0.25) is 5.15 Å². The number of benzene rings is 3. The smallest absolute Gasteiger partial charge is 0.267 e. The zero-order valence-electron chi connectivity index (χ0n) is 19.2. The van der Waals surface area contributed by atoms with Crippen molar-refractivity contribution in [1.82, 2.24) is 30.4 Å². The van der Waals surface area contributed by atoms with E-state index >= 15 is 0 Å². The predicted molar refractivity (Wildman–Crippen MR) is 137 cm³/mol. The van der Waals surface area contributed by atoms with Gasteiger partial charge in [0.15, 0.2) is 0 Å². The molecule has 2 N–H and O–H groups in total.